The normalized spacial score (nSPS) is 9.63. The predicted molar refractivity (Wildman–Crippen MR) is 69.2 cm³/mol. The lowest BCUT2D eigenvalue weighted by atomic mass is 10.2. The van der Waals surface area contributed by atoms with E-state index in [2.05, 4.69) is 15.3 Å². The number of amides is 1. The van der Waals surface area contributed by atoms with Crippen molar-refractivity contribution in [3.63, 3.8) is 0 Å². The van der Waals surface area contributed by atoms with E-state index in [0.29, 0.717) is 24.1 Å². The number of aromatic nitrogens is 2. The third-order valence-electron chi connectivity index (χ3n) is 2.55. The van der Waals surface area contributed by atoms with E-state index in [1.807, 2.05) is 18.2 Å². The van der Waals surface area contributed by atoms with Crippen molar-refractivity contribution >= 4 is 5.91 Å². The van der Waals surface area contributed by atoms with Gasteiger partial charge in [0.2, 0.25) is 0 Å². The van der Waals surface area contributed by atoms with Crippen molar-refractivity contribution in [2.24, 2.45) is 0 Å². The summed E-state index contributed by atoms with van der Waals surface area (Å²) in [7, 11) is 0. The SMILES string of the molecule is N#Cc1cncc(C(=O)NCCc2cccnc2)c1. The molecule has 0 aliphatic heterocycles. The molecule has 0 saturated carbocycles. The van der Waals surface area contributed by atoms with Gasteiger partial charge in [-0.2, -0.15) is 5.26 Å². The average molecular weight is 252 g/mol. The minimum atomic E-state index is -0.228. The van der Waals surface area contributed by atoms with Crippen LogP contribution >= 0.6 is 0 Å². The van der Waals surface area contributed by atoms with Crippen molar-refractivity contribution in [2.45, 2.75) is 6.42 Å². The molecule has 0 aliphatic carbocycles. The standard InChI is InChI=1S/C14H12N4O/c15-7-12-6-13(10-17-9-12)14(19)18-5-3-11-2-1-4-16-8-11/h1-2,4,6,8-10H,3,5H2,(H,18,19). The van der Waals surface area contributed by atoms with Crippen molar-refractivity contribution in [2.75, 3.05) is 6.54 Å². The number of nitrogens with one attached hydrogen (secondary N) is 1. The highest BCUT2D eigenvalue weighted by Gasteiger charge is 2.06. The summed E-state index contributed by atoms with van der Waals surface area (Å²) in [6.45, 7) is 0.515. The minimum Gasteiger partial charge on any atom is -0.352 e. The average Bonchev–Trinajstić information content (AvgIpc) is 2.48. The zero-order chi connectivity index (χ0) is 13.5. The fourth-order valence-electron chi connectivity index (χ4n) is 1.59. The molecule has 2 aromatic rings. The van der Waals surface area contributed by atoms with E-state index in [1.54, 1.807) is 12.4 Å². The van der Waals surface area contributed by atoms with Crippen molar-refractivity contribution in [1.29, 1.82) is 5.26 Å². The van der Waals surface area contributed by atoms with Gasteiger partial charge in [-0.15, -0.1) is 0 Å². The van der Waals surface area contributed by atoms with Crippen LogP contribution in [-0.2, 0) is 6.42 Å². The van der Waals surface area contributed by atoms with Gasteiger partial charge in [0.1, 0.15) is 6.07 Å². The zero-order valence-electron chi connectivity index (χ0n) is 10.2. The van der Waals surface area contributed by atoms with Crippen LogP contribution in [0.15, 0.2) is 43.0 Å². The number of hydrogen-bond acceptors (Lipinski definition) is 4. The lowest BCUT2D eigenvalue weighted by molar-refractivity contribution is 0.0953. The first-order valence-electron chi connectivity index (χ1n) is 5.82. The molecule has 0 bridgehead atoms. The van der Waals surface area contributed by atoms with Crippen molar-refractivity contribution in [3.8, 4) is 6.07 Å². The van der Waals surface area contributed by atoms with Crippen molar-refractivity contribution in [3.05, 3.63) is 59.7 Å². The highest BCUT2D eigenvalue weighted by atomic mass is 16.1. The van der Waals surface area contributed by atoms with E-state index >= 15 is 0 Å². The Bertz CT molecular complexity index is 604. The topological polar surface area (TPSA) is 78.7 Å². The largest absolute Gasteiger partial charge is 0.352 e. The van der Waals surface area contributed by atoms with Crippen molar-refractivity contribution < 1.29 is 4.79 Å². The molecule has 0 aromatic carbocycles. The van der Waals surface area contributed by atoms with E-state index in [0.717, 1.165) is 5.56 Å². The summed E-state index contributed by atoms with van der Waals surface area (Å²) in [4.78, 5) is 19.7. The van der Waals surface area contributed by atoms with Crippen LogP contribution in [0, 0.1) is 11.3 Å². The lowest BCUT2D eigenvalue weighted by Crippen LogP contribution is -2.25. The van der Waals surface area contributed by atoms with Gasteiger partial charge >= 0.3 is 0 Å². The third-order valence-corrected chi connectivity index (χ3v) is 2.55. The van der Waals surface area contributed by atoms with Gasteiger partial charge in [0, 0.05) is 31.3 Å². The molecule has 5 heteroatoms. The van der Waals surface area contributed by atoms with Crippen LogP contribution in [0.3, 0.4) is 0 Å². The maximum absolute atomic E-state index is 11.8. The second kappa shape index (κ2) is 6.26. The van der Waals surface area contributed by atoms with Crippen LogP contribution in [0.1, 0.15) is 21.5 Å². The molecule has 19 heavy (non-hydrogen) atoms. The first-order chi connectivity index (χ1) is 9.29. The Morgan fingerprint density at radius 3 is 2.95 bits per heavy atom. The van der Waals surface area contributed by atoms with Crippen molar-refractivity contribution in [1.82, 2.24) is 15.3 Å². The summed E-state index contributed by atoms with van der Waals surface area (Å²) in [5.74, 6) is -0.228. The maximum Gasteiger partial charge on any atom is 0.252 e. The van der Waals surface area contributed by atoms with E-state index in [1.165, 1.54) is 18.5 Å². The molecule has 94 valence electrons. The number of rotatable bonds is 4. The Kier molecular flexibility index (Phi) is 4.19. The fraction of sp³-hybridized carbons (Fsp3) is 0.143. The van der Waals surface area contributed by atoms with Crippen LogP contribution in [0.25, 0.3) is 0 Å². The Morgan fingerprint density at radius 1 is 1.32 bits per heavy atom. The molecule has 0 aliphatic rings. The summed E-state index contributed by atoms with van der Waals surface area (Å²) in [6.07, 6.45) is 7.06. The van der Waals surface area contributed by atoms with Gasteiger partial charge in [0.05, 0.1) is 11.1 Å². The molecule has 2 rings (SSSR count). The number of carbonyl (C=O) groups excluding carboxylic acids is 1. The summed E-state index contributed by atoms with van der Waals surface area (Å²) in [5.41, 5.74) is 1.83. The van der Waals surface area contributed by atoms with Gasteiger partial charge in [0.15, 0.2) is 0 Å². The molecule has 1 amide bonds. The number of carbonyl (C=O) groups is 1. The summed E-state index contributed by atoms with van der Waals surface area (Å²) < 4.78 is 0. The van der Waals surface area contributed by atoms with Crippen LogP contribution in [-0.4, -0.2) is 22.4 Å². The van der Waals surface area contributed by atoms with Crippen LogP contribution in [0.2, 0.25) is 0 Å². The summed E-state index contributed by atoms with van der Waals surface area (Å²) in [6, 6.07) is 7.29. The van der Waals surface area contributed by atoms with E-state index in [4.69, 9.17) is 5.26 Å². The fourth-order valence-corrected chi connectivity index (χ4v) is 1.59. The third kappa shape index (κ3) is 3.61. The van der Waals surface area contributed by atoms with E-state index < -0.39 is 0 Å². The Hall–Kier alpha value is -2.74. The Labute approximate surface area is 110 Å². The van der Waals surface area contributed by atoms with Gasteiger partial charge in [0.25, 0.3) is 5.91 Å². The molecule has 0 spiro atoms. The van der Waals surface area contributed by atoms with Gasteiger partial charge in [-0.1, -0.05) is 6.07 Å². The second-order valence-corrected chi connectivity index (χ2v) is 3.94. The summed E-state index contributed by atoms with van der Waals surface area (Å²) >= 11 is 0. The van der Waals surface area contributed by atoms with Gasteiger partial charge < -0.3 is 5.32 Å². The quantitative estimate of drug-likeness (QED) is 0.890. The highest BCUT2D eigenvalue weighted by Crippen LogP contribution is 2.01. The van der Waals surface area contributed by atoms with E-state index in [9.17, 15) is 4.79 Å². The molecule has 0 unspecified atom stereocenters. The smallest absolute Gasteiger partial charge is 0.252 e. The molecule has 2 heterocycles. The molecule has 5 nitrogen and oxygen atoms in total. The number of pyridine rings is 2. The van der Waals surface area contributed by atoms with Crippen LogP contribution in [0.4, 0.5) is 0 Å². The Morgan fingerprint density at radius 2 is 2.21 bits per heavy atom. The van der Waals surface area contributed by atoms with Crippen LogP contribution < -0.4 is 5.32 Å². The molecule has 1 N–H and O–H groups in total. The minimum absolute atomic E-state index is 0.228. The van der Waals surface area contributed by atoms with Crippen LogP contribution in [0.5, 0.6) is 0 Å². The molecular weight excluding hydrogens is 240 g/mol. The lowest BCUT2D eigenvalue weighted by Gasteiger charge is -2.05. The molecule has 0 radical (unpaired) electrons. The monoisotopic (exact) mass is 252 g/mol. The zero-order valence-corrected chi connectivity index (χ0v) is 10.2. The van der Waals surface area contributed by atoms with Gasteiger partial charge in [-0.05, 0) is 24.1 Å². The predicted octanol–water partition coefficient (Wildman–Crippen LogP) is 1.32. The number of nitriles is 1. The molecular formula is C14H12N4O. The molecule has 0 saturated heterocycles. The molecule has 0 atom stereocenters. The van der Waals surface area contributed by atoms with Gasteiger partial charge in [-0.3, -0.25) is 14.8 Å². The Balaban J connectivity index is 1.89. The van der Waals surface area contributed by atoms with Gasteiger partial charge in [-0.25, -0.2) is 0 Å². The highest BCUT2D eigenvalue weighted by molar-refractivity contribution is 5.94. The summed E-state index contributed by atoms with van der Waals surface area (Å²) in [5, 5.41) is 11.5. The molecule has 0 fully saturated rings. The second-order valence-electron chi connectivity index (χ2n) is 3.94. The first kappa shape index (κ1) is 12.7. The maximum atomic E-state index is 11.8. The molecule has 2 aromatic heterocycles. The number of hydrogen-bond donors (Lipinski definition) is 1. The number of nitrogens with zero attached hydrogens (tertiary/aromatic N) is 3. The van der Waals surface area contributed by atoms with E-state index in [-0.39, 0.29) is 5.91 Å². The first-order valence-corrected chi connectivity index (χ1v) is 5.82.